The lowest BCUT2D eigenvalue weighted by molar-refractivity contribution is -0.122. The molecule has 1 aromatic rings. The molecular formula is C18H25BrN6O. The number of carbonyl (C=O) groups is 1. The van der Waals surface area contributed by atoms with Gasteiger partial charge in [-0.2, -0.15) is 0 Å². The van der Waals surface area contributed by atoms with E-state index in [4.69, 9.17) is 0 Å². The fraction of sp³-hybridized carbons (Fsp3) is 0.500. The first-order valence-electron chi connectivity index (χ1n) is 8.96. The first-order chi connectivity index (χ1) is 12.4. The van der Waals surface area contributed by atoms with E-state index in [9.17, 15) is 4.79 Å². The molecule has 2 saturated heterocycles. The van der Waals surface area contributed by atoms with Gasteiger partial charge in [0.25, 0.3) is 5.91 Å². The van der Waals surface area contributed by atoms with Gasteiger partial charge < -0.3 is 10.2 Å². The Hall–Kier alpha value is -1.45. The highest BCUT2D eigenvalue weighted by molar-refractivity contribution is 9.10. The Kier molecular flexibility index (Phi) is 4.79. The van der Waals surface area contributed by atoms with E-state index >= 15 is 0 Å². The lowest BCUT2D eigenvalue weighted by atomic mass is 10.1. The average Bonchev–Trinajstić information content (AvgIpc) is 2.98. The molecule has 2 fully saturated rings. The summed E-state index contributed by atoms with van der Waals surface area (Å²) < 4.78 is 1.06. The van der Waals surface area contributed by atoms with E-state index in [0.29, 0.717) is 0 Å². The fourth-order valence-electron chi connectivity index (χ4n) is 3.87. The maximum absolute atomic E-state index is 12.7. The SMILES string of the molecule is Cc1cc(Br)cc(C)c1N1C=C2C(=O)NC(N3CCN(C)CC3)NC2N1. The predicted molar refractivity (Wildman–Crippen MR) is 105 cm³/mol. The molecule has 3 N–H and O–H groups in total. The molecule has 26 heavy (non-hydrogen) atoms. The average molecular weight is 421 g/mol. The number of hydrogen-bond donors (Lipinski definition) is 3. The zero-order chi connectivity index (χ0) is 18.4. The van der Waals surface area contributed by atoms with E-state index in [1.54, 1.807) is 0 Å². The van der Waals surface area contributed by atoms with Crippen LogP contribution in [0, 0.1) is 13.8 Å². The highest BCUT2D eigenvalue weighted by Gasteiger charge is 2.39. The molecule has 2 unspecified atom stereocenters. The van der Waals surface area contributed by atoms with E-state index in [2.05, 4.69) is 74.8 Å². The third-order valence-electron chi connectivity index (χ3n) is 5.30. The molecule has 3 aliphatic heterocycles. The van der Waals surface area contributed by atoms with Gasteiger partial charge >= 0.3 is 0 Å². The van der Waals surface area contributed by atoms with Crippen molar-refractivity contribution in [2.24, 2.45) is 0 Å². The number of hydrazine groups is 1. The molecule has 4 rings (SSSR count). The highest BCUT2D eigenvalue weighted by Crippen LogP contribution is 2.31. The van der Waals surface area contributed by atoms with Gasteiger partial charge in [-0.25, -0.2) is 5.43 Å². The molecule has 8 heteroatoms. The number of amides is 1. The zero-order valence-electron chi connectivity index (χ0n) is 15.3. The van der Waals surface area contributed by atoms with Crippen LogP contribution in [0.1, 0.15) is 11.1 Å². The number of anilines is 1. The number of hydrogen-bond acceptors (Lipinski definition) is 6. The van der Waals surface area contributed by atoms with Crippen LogP contribution in [-0.4, -0.2) is 61.4 Å². The fourth-order valence-corrected chi connectivity index (χ4v) is 4.56. The molecule has 1 aromatic carbocycles. The molecule has 7 nitrogen and oxygen atoms in total. The van der Waals surface area contributed by atoms with E-state index in [-0.39, 0.29) is 18.4 Å². The van der Waals surface area contributed by atoms with Crippen molar-refractivity contribution < 1.29 is 4.79 Å². The minimum absolute atomic E-state index is 0.0138. The summed E-state index contributed by atoms with van der Waals surface area (Å²) in [5.74, 6) is -0.0138. The molecule has 0 spiro atoms. The van der Waals surface area contributed by atoms with Crippen molar-refractivity contribution in [1.82, 2.24) is 25.9 Å². The van der Waals surface area contributed by atoms with Crippen molar-refractivity contribution in [2.45, 2.75) is 26.3 Å². The van der Waals surface area contributed by atoms with Gasteiger partial charge in [0.1, 0.15) is 12.5 Å². The quantitative estimate of drug-likeness (QED) is 0.659. The van der Waals surface area contributed by atoms with Gasteiger partial charge in [0.2, 0.25) is 0 Å². The van der Waals surface area contributed by atoms with Crippen LogP contribution in [0.15, 0.2) is 28.4 Å². The molecule has 0 radical (unpaired) electrons. The molecule has 1 amide bonds. The molecule has 140 valence electrons. The van der Waals surface area contributed by atoms with E-state index in [1.165, 1.54) is 0 Å². The number of aryl methyl sites for hydroxylation is 2. The van der Waals surface area contributed by atoms with Gasteiger partial charge in [0, 0.05) is 36.9 Å². The third kappa shape index (κ3) is 3.27. The van der Waals surface area contributed by atoms with E-state index in [0.717, 1.165) is 53.0 Å². The maximum atomic E-state index is 12.7. The van der Waals surface area contributed by atoms with Gasteiger partial charge in [-0.1, -0.05) is 15.9 Å². The number of carbonyl (C=O) groups excluding carboxylic acids is 1. The Bertz CT molecular complexity index is 735. The summed E-state index contributed by atoms with van der Waals surface area (Å²) in [6, 6.07) is 4.18. The summed E-state index contributed by atoms with van der Waals surface area (Å²) in [5.41, 5.74) is 7.54. The van der Waals surface area contributed by atoms with Crippen LogP contribution >= 0.6 is 15.9 Å². The van der Waals surface area contributed by atoms with Crippen LogP contribution < -0.4 is 21.1 Å². The summed E-state index contributed by atoms with van der Waals surface area (Å²) >= 11 is 3.54. The summed E-state index contributed by atoms with van der Waals surface area (Å²) in [7, 11) is 2.13. The second-order valence-electron chi connectivity index (χ2n) is 7.29. The predicted octanol–water partition coefficient (Wildman–Crippen LogP) is 0.851. The van der Waals surface area contributed by atoms with Crippen molar-refractivity contribution in [1.29, 1.82) is 0 Å². The first-order valence-corrected chi connectivity index (χ1v) is 9.75. The summed E-state index contributed by atoms with van der Waals surface area (Å²) in [5, 5.41) is 8.59. The topological polar surface area (TPSA) is 62.9 Å². The molecule has 3 aliphatic rings. The van der Waals surface area contributed by atoms with Crippen LogP contribution in [0.5, 0.6) is 0 Å². The van der Waals surface area contributed by atoms with Crippen LogP contribution in [0.4, 0.5) is 5.69 Å². The smallest absolute Gasteiger partial charge is 0.254 e. The molecule has 0 bridgehead atoms. The largest absolute Gasteiger partial charge is 0.324 e. The molecule has 2 atom stereocenters. The molecule has 0 saturated carbocycles. The minimum Gasteiger partial charge on any atom is -0.324 e. The van der Waals surface area contributed by atoms with Crippen molar-refractivity contribution in [3.05, 3.63) is 39.5 Å². The van der Waals surface area contributed by atoms with Crippen LogP contribution in [0.2, 0.25) is 0 Å². The molecule has 0 aromatic heterocycles. The Balaban J connectivity index is 1.52. The summed E-state index contributed by atoms with van der Waals surface area (Å²) in [4.78, 5) is 17.3. The Morgan fingerprint density at radius 1 is 1.12 bits per heavy atom. The van der Waals surface area contributed by atoms with E-state index in [1.807, 2.05) is 11.2 Å². The van der Waals surface area contributed by atoms with Crippen molar-refractivity contribution in [2.75, 3.05) is 38.2 Å². The highest BCUT2D eigenvalue weighted by atomic mass is 79.9. The number of nitrogens with zero attached hydrogens (tertiary/aromatic N) is 3. The summed E-state index contributed by atoms with van der Waals surface area (Å²) in [6.07, 6.45) is 1.57. The van der Waals surface area contributed by atoms with Crippen molar-refractivity contribution in [3.63, 3.8) is 0 Å². The third-order valence-corrected chi connectivity index (χ3v) is 5.76. The first kappa shape index (κ1) is 17.9. The normalized spacial score (nSPS) is 27.3. The molecule has 3 heterocycles. The van der Waals surface area contributed by atoms with Crippen molar-refractivity contribution >= 4 is 27.5 Å². The zero-order valence-corrected chi connectivity index (χ0v) is 16.9. The number of nitrogens with one attached hydrogen (secondary N) is 3. The summed E-state index contributed by atoms with van der Waals surface area (Å²) in [6.45, 7) is 8.06. The van der Waals surface area contributed by atoms with Crippen LogP contribution in [0.3, 0.4) is 0 Å². The lowest BCUT2D eigenvalue weighted by Crippen LogP contribution is -2.69. The maximum Gasteiger partial charge on any atom is 0.254 e. The minimum atomic E-state index is -0.184. The molecule has 0 aliphatic carbocycles. The van der Waals surface area contributed by atoms with Gasteiger partial charge in [-0.15, -0.1) is 0 Å². The second kappa shape index (κ2) is 6.94. The van der Waals surface area contributed by atoms with Gasteiger partial charge in [0.15, 0.2) is 0 Å². The van der Waals surface area contributed by atoms with E-state index < -0.39 is 0 Å². The van der Waals surface area contributed by atoms with Gasteiger partial charge in [-0.3, -0.25) is 20.0 Å². The monoisotopic (exact) mass is 420 g/mol. The standard InChI is InChI=1S/C18H25BrN6O/c1-11-8-13(19)9-12(2)15(11)25-10-14-16(22-25)20-18(21-17(14)26)24-6-4-23(3)5-7-24/h8-10,16,18,20,22H,4-7H2,1-3H3,(H,21,26). The Labute approximate surface area is 162 Å². The molecular weight excluding hydrogens is 396 g/mol. The van der Waals surface area contributed by atoms with Crippen LogP contribution in [-0.2, 0) is 4.79 Å². The number of benzene rings is 1. The number of rotatable bonds is 2. The lowest BCUT2D eigenvalue weighted by Gasteiger charge is -2.42. The van der Waals surface area contributed by atoms with Crippen molar-refractivity contribution in [3.8, 4) is 0 Å². The number of halogens is 1. The van der Waals surface area contributed by atoms with Gasteiger partial charge in [-0.05, 0) is 44.2 Å². The van der Waals surface area contributed by atoms with Crippen LogP contribution in [0.25, 0.3) is 0 Å². The number of likely N-dealkylation sites (N-methyl/N-ethyl adjacent to an activating group) is 1. The second-order valence-corrected chi connectivity index (χ2v) is 8.20. The Morgan fingerprint density at radius 3 is 2.42 bits per heavy atom. The Morgan fingerprint density at radius 2 is 1.77 bits per heavy atom. The van der Waals surface area contributed by atoms with Gasteiger partial charge in [0.05, 0.1) is 11.3 Å². The number of piperazine rings is 1. The number of fused-ring (bicyclic) bond motifs is 1.